The predicted octanol–water partition coefficient (Wildman–Crippen LogP) is 14.7. The van der Waals surface area contributed by atoms with Crippen LogP contribution >= 0.6 is 0 Å². The standard InChI is InChI=1S/C56H54N4O/c1-34-26-37(28-38(27-34)46-33-42(56(8,9)10)29-36-15-13-24-57-50(36)46)45-30-39(51-44-16-12-11-14-35(44)23-25-58-51)31-48-52(45)59-53(47-32-41(55(5,6)7)19-22-49(47)61)60(48)43-20-17-40(18-21-43)54(2,3)4/h11-33,61H,1-10H3. The molecule has 0 aliphatic rings. The van der Waals surface area contributed by atoms with Crippen LogP contribution in [0.4, 0.5) is 0 Å². The van der Waals surface area contributed by atoms with Gasteiger partial charge in [0.15, 0.2) is 0 Å². The summed E-state index contributed by atoms with van der Waals surface area (Å²) in [6, 6.07) is 45.3. The number of benzene rings is 6. The molecular weight excluding hydrogens is 745 g/mol. The summed E-state index contributed by atoms with van der Waals surface area (Å²) in [6.07, 6.45) is 3.78. The van der Waals surface area contributed by atoms with Crippen molar-refractivity contribution in [1.82, 2.24) is 19.5 Å². The lowest BCUT2D eigenvalue weighted by atomic mass is 9.83. The molecule has 5 heteroatoms. The minimum atomic E-state index is -0.146. The molecule has 0 saturated carbocycles. The van der Waals surface area contributed by atoms with Crippen molar-refractivity contribution in [2.45, 2.75) is 85.5 Å². The average molecular weight is 799 g/mol. The van der Waals surface area contributed by atoms with E-state index in [1.807, 2.05) is 30.6 Å². The highest BCUT2D eigenvalue weighted by Crippen LogP contribution is 2.44. The molecule has 304 valence electrons. The van der Waals surface area contributed by atoms with E-state index < -0.39 is 0 Å². The molecule has 1 N–H and O–H groups in total. The van der Waals surface area contributed by atoms with Crippen molar-refractivity contribution in [1.29, 1.82) is 0 Å². The molecule has 0 fully saturated rings. The second kappa shape index (κ2) is 14.6. The summed E-state index contributed by atoms with van der Waals surface area (Å²) in [5, 5.41) is 15.1. The van der Waals surface area contributed by atoms with Crippen LogP contribution in [0.15, 0.2) is 140 Å². The van der Waals surface area contributed by atoms with Crippen molar-refractivity contribution in [2.24, 2.45) is 0 Å². The molecule has 0 unspecified atom stereocenters. The second-order valence-electron chi connectivity index (χ2n) is 19.8. The van der Waals surface area contributed by atoms with Gasteiger partial charge in [0.1, 0.15) is 11.6 Å². The summed E-state index contributed by atoms with van der Waals surface area (Å²) < 4.78 is 2.22. The summed E-state index contributed by atoms with van der Waals surface area (Å²) in [5.74, 6) is 0.858. The zero-order chi connectivity index (χ0) is 43.0. The summed E-state index contributed by atoms with van der Waals surface area (Å²) >= 11 is 0. The molecule has 0 radical (unpaired) electrons. The number of aryl methyl sites for hydroxylation is 1. The second-order valence-corrected chi connectivity index (χ2v) is 19.8. The summed E-state index contributed by atoms with van der Waals surface area (Å²) in [7, 11) is 0. The number of phenolic OH excluding ortho intramolecular Hbond substituents is 1. The Kier molecular flexibility index (Phi) is 9.51. The van der Waals surface area contributed by atoms with E-state index in [1.54, 1.807) is 0 Å². The van der Waals surface area contributed by atoms with Crippen molar-refractivity contribution < 1.29 is 5.11 Å². The summed E-state index contributed by atoms with van der Waals surface area (Å²) in [5.41, 5.74) is 15.0. The molecule has 9 aromatic rings. The molecule has 5 nitrogen and oxygen atoms in total. The van der Waals surface area contributed by atoms with Crippen molar-refractivity contribution in [3.8, 4) is 56.3 Å². The minimum absolute atomic E-state index is 0.0197. The molecule has 61 heavy (non-hydrogen) atoms. The smallest absolute Gasteiger partial charge is 0.149 e. The summed E-state index contributed by atoms with van der Waals surface area (Å²) in [4.78, 5) is 15.6. The van der Waals surface area contributed by atoms with E-state index >= 15 is 0 Å². The molecule has 0 amide bonds. The SMILES string of the molecule is Cc1cc(-c2cc(C(C)(C)C)cc3cccnc23)cc(-c2cc(-c3nccc4ccccc34)cc3c2nc(-c2cc(C(C)(C)C)ccc2O)n3-c2ccc(C(C)(C)C)cc2)c1. The Bertz CT molecular complexity index is 3140. The molecular formula is C56H54N4O. The van der Waals surface area contributed by atoms with E-state index in [2.05, 4.69) is 183 Å². The largest absolute Gasteiger partial charge is 0.507 e. The number of rotatable bonds is 5. The van der Waals surface area contributed by atoms with E-state index in [4.69, 9.17) is 15.0 Å². The molecule has 6 aromatic carbocycles. The number of fused-ring (bicyclic) bond motifs is 3. The van der Waals surface area contributed by atoms with Gasteiger partial charge in [-0.1, -0.05) is 123 Å². The fourth-order valence-electron chi connectivity index (χ4n) is 8.56. The maximum atomic E-state index is 11.7. The number of hydrogen-bond donors (Lipinski definition) is 1. The van der Waals surface area contributed by atoms with Crippen molar-refractivity contribution >= 4 is 32.7 Å². The molecule has 3 heterocycles. The highest BCUT2D eigenvalue weighted by Gasteiger charge is 2.25. The van der Waals surface area contributed by atoms with Crippen LogP contribution in [0.3, 0.4) is 0 Å². The van der Waals surface area contributed by atoms with Crippen molar-refractivity contribution in [3.63, 3.8) is 0 Å². The molecule has 0 saturated heterocycles. The van der Waals surface area contributed by atoms with Crippen LogP contribution in [0, 0.1) is 6.92 Å². The third-order valence-corrected chi connectivity index (χ3v) is 12.1. The van der Waals surface area contributed by atoms with Gasteiger partial charge in [0, 0.05) is 45.5 Å². The lowest BCUT2D eigenvalue weighted by molar-refractivity contribution is 0.475. The van der Waals surface area contributed by atoms with Crippen LogP contribution in [0.2, 0.25) is 0 Å². The fourth-order valence-corrected chi connectivity index (χ4v) is 8.56. The molecule has 9 rings (SSSR count). The first-order valence-electron chi connectivity index (χ1n) is 21.3. The lowest BCUT2D eigenvalue weighted by Crippen LogP contribution is -2.11. The van der Waals surface area contributed by atoms with Crippen LogP contribution in [-0.2, 0) is 16.2 Å². The molecule has 0 aliphatic heterocycles. The van der Waals surface area contributed by atoms with Crippen LogP contribution < -0.4 is 0 Å². The number of nitrogens with zero attached hydrogens (tertiary/aromatic N) is 4. The maximum Gasteiger partial charge on any atom is 0.149 e. The Morgan fingerprint density at radius 3 is 1.84 bits per heavy atom. The quantitative estimate of drug-likeness (QED) is 0.188. The normalized spacial score (nSPS) is 12.5. The Morgan fingerprint density at radius 1 is 0.492 bits per heavy atom. The zero-order valence-corrected chi connectivity index (χ0v) is 37.0. The fraction of sp³-hybridized carbons (Fsp3) is 0.232. The van der Waals surface area contributed by atoms with Crippen molar-refractivity contribution in [3.05, 3.63) is 162 Å². The van der Waals surface area contributed by atoms with E-state index in [-0.39, 0.29) is 22.0 Å². The third kappa shape index (κ3) is 7.37. The number of hydrogen-bond acceptors (Lipinski definition) is 4. The molecule has 0 aliphatic carbocycles. The summed E-state index contributed by atoms with van der Waals surface area (Å²) in [6.45, 7) is 22.3. The Labute approximate surface area is 359 Å². The van der Waals surface area contributed by atoms with Crippen LogP contribution in [-0.4, -0.2) is 24.6 Å². The first-order valence-corrected chi connectivity index (χ1v) is 21.3. The Hall–Kier alpha value is -6.59. The van der Waals surface area contributed by atoms with E-state index in [1.165, 1.54) is 11.1 Å². The monoisotopic (exact) mass is 798 g/mol. The number of aromatic hydroxyl groups is 1. The minimum Gasteiger partial charge on any atom is -0.507 e. The molecule has 0 atom stereocenters. The van der Waals surface area contributed by atoms with Crippen LogP contribution in [0.1, 0.15) is 84.6 Å². The highest BCUT2D eigenvalue weighted by atomic mass is 16.3. The third-order valence-electron chi connectivity index (χ3n) is 12.1. The van der Waals surface area contributed by atoms with Crippen molar-refractivity contribution in [2.75, 3.05) is 0 Å². The van der Waals surface area contributed by atoms with Gasteiger partial charge in [-0.05, 0) is 129 Å². The van der Waals surface area contributed by atoms with Crippen LogP contribution in [0.5, 0.6) is 5.75 Å². The van der Waals surface area contributed by atoms with Gasteiger partial charge in [-0.25, -0.2) is 4.98 Å². The zero-order valence-electron chi connectivity index (χ0n) is 37.0. The van der Waals surface area contributed by atoms with E-state index in [9.17, 15) is 5.11 Å². The average Bonchev–Trinajstić information content (AvgIpc) is 3.61. The first-order chi connectivity index (χ1) is 28.9. The molecule has 3 aromatic heterocycles. The van der Waals surface area contributed by atoms with Gasteiger partial charge in [-0.2, -0.15) is 0 Å². The predicted molar refractivity (Wildman–Crippen MR) is 256 cm³/mol. The number of aromatic nitrogens is 4. The highest BCUT2D eigenvalue weighted by molar-refractivity contribution is 6.04. The maximum absolute atomic E-state index is 11.7. The topological polar surface area (TPSA) is 63.8 Å². The first kappa shape index (κ1) is 39.8. The number of imidazole rings is 1. The Morgan fingerprint density at radius 2 is 1.13 bits per heavy atom. The Balaban J connectivity index is 1.40. The van der Waals surface area contributed by atoms with Gasteiger partial charge in [-0.15, -0.1) is 0 Å². The van der Waals surface area contributed by atoms with Gasteiger partial charge in [-0.3, -0.25) is 14.5 Å². The molecule has 0 bridgehead atoms. The van der Waals surface area contributed by atoms with Gasteiger partial charge < -0.3 is 5.11 Å². The van der Waals surface area contributed by atoms with Gasteiger partial charge >= 0.3 is 0 Å². The van der Waals surface area contributed by atoms with Gasteiger partial charge in [0.05, 0.1) is 27.8 Å². The van der Waals surface area contributed by atoms with E-state index in [0.717, 1.165) is 83.0 Å². The van der Waals surface area contributed by atoms with E-state index in [0.29, 0.717) is 11.4 Å². The molecule has 0 spiro atoms. The lowest BCUT2D eigenvalue weighted by Gasteiger charge is -2.21. The van der Waals surface area contributed by atoms with Gasteiger partial charge in [0.25, 0.3) is 0 Å². The number of pyridine rings is 2. The van der Waals surface area contributed by atoms with Gasteiger partial charge in [0.2, 0.25) is 0 Å². The number of phenols is 1. The van der Waals surface area contributed by atoms with Crippen LogP contribution in [0.25, 0.3) is 83.3 Å².